The smallest absolute Gasteiger partial charge is 0.179 e. The van der Waals surface area contributed by atoms with Gasteiger partial charge in [0, 0.05) is 68.8 Å². The fourth-order valence-electron chi connectivity index (χ4n) is 15.9. The van der Waals surface area contributed by atoms with Crippen molar-refractivity contribution in [3.63, 3.8) is 0 Å². The lowest BCUT2D eigenvalue weighted by Gasteiger charge is -2.34. The van der Waals surface area contributed by atoms with Crippen molar-refractivity contribution in [2.24, 2.45) is 14.1 Å². The lowest BCUT2D eigenvalue weighted by molar-refractivity contribution is 0.767. The number of nitrogens with zero attached hydrogens (tertiary/aromatic N) is 4. The van der Waals surface area contributed by atoms with E-state index in [9.17, 15) is 0 Å². The van der Waals surface area contributed by atoms with Crippen LogP contribution in [0, 0.1) is 0 Å². The molecule has 4 heterocycles. The third-order valence-corrected chi connectivity index (χ3v) is 29.5. The van der Waals surface area contributed by atoms with Crippen LogP contribution in [0.5, 0.6) is 0 Å². The van der Waals surface area contributed by atoms with Crippen LogP contribution in [0.25, 0.3) is 77.5 Å². The van der Waals surface area contributed by atoms with Crippen LogP contribution in [0.4, 0.5) is 0 Å². The zero-order chi connectivity index (χ0) is 60.7. The maximum atomic E-state index is 5.77. The number of pyridine rings is 2. The van der Waals surface area contributed by atoms with E-state index in [1.165, 1.54) is 85.1 Å². The minimum Gasteiger partial charge on any atom is -0.344 e. The molecule has 0 spiro atoms. The van der Waals surface area contributed by atoms with Crippen LogP contribution < -0.4 is 41.5 Å². The Morgan fingerprint density at radius 1 is 0.253 bits per heavy atom. The molecular weight excluding hydrogens is 1130 g/mol. The lowest BCUT2D eigenvalue weighted by atomic mass is 9.67. The van der Waals surface area contributed by atoms with E-state index >= 15 is 0 Å². The normalized spacial score (nSPS) is 12.8. The van der Waals surface area contributed by atoms with Gasteiger partial charge in [-0.25, -0.2) is 9.97 Å². The molecule has 0 amide bonds. The van der Waals surface area contributed by atoms with Crippen LogP contribution in [-0.4, -0.2) is 35.2 Å². The fraction of sp³-hybridized carbons (Fsp3) is 0.0353. The SMILES string of the molecule is Cn1c2ccc(C3(c4ccc5c(c4)c4cc([Si](c6ccccc6)(c6ccccc6)c6ccccc6)ccc4n5C)c4ccc(-c5ccccc5)nc4-c4nc(-c5ccccc5)ccc43)cc2c2cc([Si](c3ccccc3)(c3ccccc3)c3ccccc3)ccc21. The van der Waals surface area contributed by atoms with Gasteiger partial charge in [-0.15, -0.1) is 0 Å². The van der Waals surface area contributed by atoms with Crippen molar-refractivity contribution in [3.8, 4) is 33.9 Å². The number of benzene rings is 12. The maximum Gasteiger partial charge on any atom is 0.179 e. The van der Waals surface area contributed by atoms with Gasteiger partial charge >= 0.3 is 0 Å². The van der Waals surface area contributed by atoms with E-state index in [-0.39, 0.29) is 0 Å². The number of aromatic nitrogens is 4. The summed E-state index contributed by atoms with van der Waals surface area (Å²) < 4.78 is 4.78. The van der Waals surface area contributed by atoms with Crippen molar-refractivity contribution < 1.29 is 0 Å². The number of hydrogen-bond donors (Lipinski definition) is 0. The molecule has 0 bridgehead atoms. The molecule has 0 unspecified atom stereocenters. The molecule has 16 aromatic rings. The van der Waals surface area contributed by atoms with E-state index in [0.717, 1.165) is 56.2 Å². The van der Waals surface area contributed by atoms with Crippen LogP contribution in [0.3, 0.4) is 0 Å². The molecule has 1 aliphatic rings. The summed E-state index contributed by atoms with van der Waals surface area (Å²) in [4.78, 5) is 11.5. The van der Waals surface area contributed by atoms with Gasteiger partial charge < -0.3 is 9.13 Å². The molecule has 12 aromatic carbocycles. The van der Waals surface area contributed by atoms with Gasteiger partial charge in [0.15, 0.2) is 16.1 Å². The average Bonchev–Trinajstić information content (AvgIpc) is 1.88. The Bertz CT molecular complexity index is 4870. The van der Waals surface area contributed by atoms with Gasteiger partial charge in [0.25, 0.3) is 0 Å². The molecule has 0 atom stereocenters. The van der Waals surface area contributed by atoms with Crippen molar-refractivity contribution in [1.29, 1.82) is 0 Å². The monoisotopic (exact) mass is 1190 g/mol. The van der Waals surface area contributed by atoms with Gasteiger partial charge in [-0.3, -0.25) is 0 Å². The first-order valence-electron chi connectivity index (χ1n) is 31.5. The largest absolute Gasteiger partial charge is 0.344 e. The number of fused-ring (bicyclic) bond motifs is 9. The fourth-order valence-corrected chi connectivity index (χ4v) is 25.4. The highest BCUT2D eigenvalue weighted by Gasteiger charge is 2.49. The van der Waals surface area contributed by atoms with Crippen molar-refractivity contribution in [2.45, 2.75) is 5.41 Å². The Morgan fingerprint density at radius 2 is 0.516 bits per heavy atom. The van der Waals surface area contributed by atoms with Gasteiger partial charge in [-0.1, -0.05) is 291 Å². The van der Waals surface area contributed by atoms with Crippen molar-refractivity contribution >= 4 is 101 Å². The van der Waals surface area contributed by atoms with E-state index < -0.39 is 21.6 Å². The minimum absolute atomic E-state index is 0.885. The van der Waals surface area contributed by atoms with E-state index in [2.05, 4.69) is 363 Å². The van der Waals surface area contributed by atoms with Gasteiger partial charge in [-0.05, 0) is 112 Å². The topological polar surface area (TPSA) is 35.6 Å². The van der Waals surface area contributed by atoms with Crippen LogP contribution in [0.15, 0.2) is 340 Å². The van der Waals surface area contributed by atoms with E-state index in [1.807, 2.05) is 0 Å². The Balaban J connectivity index is 0.966. The molecule has 91 heavy (non-hydrogen) atoms. The van der Waals surface area contributed by atoms with Crippen molar-refractivity contribution in [3.05, 3.63) is 362 Å². The highest BCUT2D eigenvalue weighted by Crippen LogP contribution is 2.57. The molecule has 0 N–H and O–H groups in total. The first-order valence-corrected chi connectivity index (χ1v) is 35.5. The average molecular weight is 1200 g/mol. The Hall–Kier alpha value is -11.0. The second kappa shape index (κ2) is 21.6. The Labute approximate surface area is 532 Å². The minimum atomic E-state index is -2.91. The first-order chi connectivity index (χ1) is 44.9. The molecule has 4 aromatic heterocycles. The standard InChI is InChI=1S/C85H62N4Si2/c1-88-79-51-43-61(55-71(79)73-57-69(45-53-81(73)88)90(63-31-15-5-16-32-63,64-33-17-6-18-34-64)65-35-19-7-20-36-65)85(75-47-49-77(59-27-11-3-12-28-59)86-83(75)84-76(85)48-50-78(87-84)60-29-13-4-14-30-60)62-44-52-80-72(56-62)74-58-70(46-54-82(74)89(80)2)91(66-37-21-8-22-38-66,67-39-23-9-24-40-67)68-41-25-10-26-42-68/h3-58H,1-2H3. The summed E-state index contributed by atoms with van der Waals surface area (Å²) in [5.41, 5.74) is 14.1. The highest BCUT2D eigenvalue weighted by atomic mass is 28.3. The molecule has 0 radical (unpaired) electrons. The highest BCUT2D eigenvalue weighted by molar-refractivity contribution is 7.20. The predicted octanol–water partition coefficient (Wildman–Crippen LogP) is 14.2. The molecule has 0 saturated carbocycles. The molecule has 0 aliphatic heterocycles. The second-order valence-corrected chi connectivity index (χ2v) is 32.0. The van der Waals surface area contributed by atoms with Gasteiger partial charge in [0.1, 0.15) is 0 Å². The van der Waals surface area contributed by atoms with E-state index in [4.69, 9.17) is 9.97 Å². The van der Waals surface area contributed by atoms with Gasteiger partial charge in [0.2, 0.25) is 0 Å². The summed E-state index contributed by atoms with van der Waals surface area (Å²) in [6.45, 7) is 0. The third kappa shape index (κ3) is 8.19. The second-order valence-electron chi connectivity index (χ2n) is 24.4. The number of hydrogen-bond acceptors (Lipinski definition) is 2. The molecular formula is C85H62N4Si2. The molecule has 1 aliphatic carbocycles. The summed E-state index contributed by atoms with van der Waals surface area (Å²) >= 11 is 0. The summed E-state index contributed by atoms with van der Waals surface area (Å²) in [6, 6.07) is 127. The first kappa shape index (κ1) is 54.2. The van der Waals surface area contributed by atoms with Crippen LogP contribution in [0.2, 0.25) is 0 Å². The zero-order valence-corrected chi connectivity index (χ0v) is 52.6. The molecule has 430 valence electrons. The van der Waals surface area contributed by atoms with E-state index in [1.54, 1.807) is 0 Å². The molecule has 6 heteroatoms. The molecule has 0 saturated heterocycles. The maximum absolute atomic E-state index is 5.77. The van der Waals surface area contributed by atoms with Crippen LogP contribution >= 0.6 is 0 Å². The number of aryl methyl sites for hydroxylation is 2. The third-order valence-electron chi connectivity index (χ3n) is 19.9. The quantitative estimate of drug-likeness (QED) is 0.0903. The van der Waals surface area contributed by atoms with Gasteiger partial charge in [-0.2, -0.15) is 0 Å². The molecule has 17 rings (SSSR count). The number of rotatable bonds is 12. The Morgan fingerprint density at radius 3 is 0.813 bits per heavy atom. The summed E-state index contributed by atoms with van der Waals surface area (Å²) in [7, 11) is -1.36. The van der Waals surface area contributed by atoms with Crippen LogP contribution in [-0.2, 0) is 19.5 Å². The summed E-state index contributed by atoms with van der Waals surface area (Å²) in [5.74, 6) is 0. The zero-order valence-electron chi connectivity index (χ0n) is 50.6. The van der Waals surface area contributed by atoms with Crippen molar-refractivity contribution in [2.75, 3.05) is 0 Å². The van der Waals surface area contributed by atoms with E-state index in [0.29, 0.717) is 0 Å². The molecule has 4 nitrogen and oxygen atoms in total. The summed E-state index contributed by atoms with van der Waals surface area (Å²) in [6.07, 6.45) is 0. The Kier molecular flexibility index (Phi) is 12.9. The summed E-state index contributed by atoms with van der Waals surface area (Å²) in [5, 5.41) is 15.6. The van der Waals surface area contributed by atoms with Gasteiger partial charge in [0.05, 0.1) is 28.2 Å². The predicted molar refractivity (Wildman–Crippen MR) is 385 cm³/mol. The molecule has 0 fully saturated rings. The van der Waals surface area contributed by atoms with Crippen LogP contribution in [0.1, 0.15) is 22.3 Å². The lowest BCUT2D eigenvalue weighted by Crippen LogP contribution is -2.74. The van der Waals surface area contributed by atoms with Crippen molar-refractivity contribution in [1.82, 2.24) is 19.1 Å².